The molecule has 2 N–H and O–H groups in total. The van der Waals surface area contributed by atoms with Gasteiger partial charge in [0.1, 0.15) is 11.5 Å². The standard InChI is InChI=1S/C21H24ClNO2/c22-16-7-9-17(10-8-16)25-18-5-3-4-15(14-18)20-19-6-1-2-11-21(19,24)12-13-23-20/h3-5,7-10,14,19-20,23-24H,1-2,6,11-13H2/t19-,20+,21+/m1/s1. The van der Waals surface area contributed by atoms with Crippen LogP contribution in [0.25, 0.3) is 0 Å². The van der Waals surface area contributed by atoms with Gasteiger partial charge in [-0.05, 0) is 67.8 Å². The number of hydrogen-bond acceptors (Lipinski definition) is 3. The van der Waals surface area contributed by atoms with Gasteiger partial charge in [0.2, 0.25) is 0 Å². The van der Waals surface area contributed by atoms with Crippen LogP contribution in [-0.4, -0.2) is 17.3 Å². The zero-order valence-corrected chi connectivity index (χ0v) is 15.0. The van der Waals surface area contributed by atoms with Crippen molar-refractivity contribution in [2.75, 3.05) is 6.54 Å². The van der Waals surface area contributed by atoms with Crippen molar-refractivity contribution in [2.24, 2.45) is 5.92 Å². The van der Waals surface area contributed by atoms with Gasteiger partial charge < -0.3 is 15.2 Å². The maximum absolute atomic E-state index is 11.1. The molecule has 2 aromatic carbocycles. The summed E-state index contributed by atoms with van der Waals surface area (Å²) >= 11 is 5.93. The molecule has 4 heteroatoms. The van der Waals surface area contributed by atoms with Gasteiger partial charge in [-0.1, -0.05) is 36.6 Å². The molecule has 4 rings (SSSR count). The second-order valence-corrected chi connectivity index (χ2v) is 7.70. The van der Waals surface area contributed by atoms with Crippen molar-refractivity contribution in [1.82, 2.24) is 5.32 Å². The number of rotatable bonds is 3. The molecule has 2 aromatic rings. The van der Waals surface area contributed by atoms with Gasteiger partial charge in [0.25, 0.3) is 0 Å². The van der Waals surface area contributed by atoms with Gasteiger partial charge in [-0.3, -0.25) is 0 Å². The van der Waals surface area contributed by atoms with E-state index in [1.54, 1.807) is 0 Å². The molecule has 1 aliphatic heterocycles. The van der Waals surface area contributed by atoms with Crippen LogP contribution in [0.1, 0.15) is 43.7 Å². The molecule has 1 aliphatic carbocycles. The van der Waals surface area contributed by atoms with Crippen LogP contribution in [0.3, 0.4) is 0 Å². The summed E-state index contributed by atoms with van der Waals surface area (Å²) in [4.78, 5) is 0. The average Bonchev–Trinajstić information content (AvgIpc) is 2.63. The number of nitrogens with one attached hydrogen (secondary N) is 1. The first-order valence-electron chi connectivity index (χ1n) is 9.13. The van der Waals surface area contributed by atoms with Crippen LogP contribution in [0, 0.1) is 5.92 Å². The molecule has 0 bridgehead atoms. The maximum atomic E-state index is 11.1. The van der Waals surface area contributed by atoms with Crippen LogP contribution in [-0.2, 0) is 0 Å². The molecule has 3 atom stereocenters. The molecule has 2 fully saturated rings. The largest absolute Gasteiger partial charge is 0.457 e. The van der Waals surface area contributed by atoms with Crippen molar-refractivity contribution in [3.8, 4) is 11.5 Å². The van der Waals surface area contributed by atoms with Gasteiger partial charge in [0.05, 0.1) is 5.60 Å². The Morgan fingerprint density at radius 3 is 2.72 bits per heavy atom. The quantitative estimate of drug-likeness (QED) is 0.804. The minimum Gasteiger partial charge on any atom is -0.457 e. The fourth-order valence-corrected chi connectivity index (χ4v) is 4.51. The third kappa shape index (κ3) is 3.55. The molecule has 1 saturated carbocycles. The Morgan fingerprint density at radius 2 is 1.88 bits per heavy atom. The summed E-state index contributed by atoms with van der Waals surface area (Å²) in [5.74, 6) is 1.86. The lowest BCUT2D eigenvalue weighted by Crippen LogP contribution is -2.53. The van der Waals surface area contributed by atoms with Crippen molar-refractivity contribution in [3.05, 3.63) is 59.1 Å². The summed E-state index contributed by atoms with van der Waals surface area (Å²) in [6.45, 7) is 0.861. The number of fused-ring (bicyclic) bond motifs is 1. The summed E-state index contributed by atoms with van der Waals surface area (Å²) in [5.41, 5.74) is 0.679. The van der Waals surface area contributed by atoms with E-state index in [0.29, 0.717) is 5.02 Å². The van der Waals surface area contributed by atoms with E-state index in [1.807, 2.05) is 36.4 Å². The molecule has 0 amide bonds. The van der Waals surface area contributed by atoms with Gasteiger partial charge in [0, 0.05) is 17.0 Å². The van der Waals surface area contributed by atoms with Crippen LogP contribution < -0.4 is 10.1 Å². The van der Waals surface area contributed by atoms with Crippen molar-refractivity contribution in [2.45, 2.75) is 43.7 Å². The highest BCUT2D eigenvalue weighted by Gasteiger charge is 2.45. The summed E-state index contributed by atoms with van der Waals surface area (Å²) < 4.78 is 5.98. The topological polar surface area (TPSA) is 41.5 Å². The Bertz CT molecular complexity index is 729. The summed E-state index contributed by atoms with van der Waals surface area (Å²) in [5, 5.41) is 15.4. The van der Waals surface area contributed by atoms with E-state index in [-0.39, 0.29) is 12.0 Å². The van der Waals surface area contributed by atoms with Gasteiger partial charge >= 0.3 is 0 Å². The van der Waals surface area contributed by atoms with Crippen LogP contribution in [0.4, 0.5) is 0 Å². The highest BCUT2D eigenvalue weighted by Crippen LogP contribution is 2.46. The molecule has 0 unspecified atom stereocenters. The zero-order chi connectivity index (χ0) is 17.3. The third-order valence-corrected chi connectivity index (χ3v) is 5.91. The Labute approximate surface area is 154 Å². The summed E-state index contributed by atoms with van der Waals surface area (Å²) in [6, 6.07) is 15.8. The molecular weight excluding hydrogens is 334 g/mol. The van der Waals surface area contributed by atoms with Crippen LogP contribution >= 0.6 is 11.6 Å². The Balaban J connectivity index is 1.57. The molecule has 25 heavy (non-hydrogen) atoms. The predicted octanol–water partition coefficient (Wildman–Crippen LogP) is 5.09. The second-order valence-electron chi connectivity index (χ2n) is 7.27. The minimum absolute atomic E-state index is 0.188. The fourth-order valence-electron chi connectivity index (χ4n) is 4.38. The van der Waals surface area contributed by atoms with Crippen LogP contribution in [0.2, 0.25) is 5.02 Å². The lowest BCUT2D eigenvalue weighted by atomic mass is 9.67. The normalized spacial score (nSPS) is 29.0. The van der Waals surface area contributed by atoms with Crippen molar-refractivity contribution in [3.63, 3.8) is 0 Å². The molecule has 1 saturated heterocycles. The summed E-state index contributed by atoms with van der Waals surface area (Å²) in [7, 11) is 0. The number of halogens is 1. The number of benzene rings is 2. The van der Waals surface area contributed by atoms with Crippen molar-refractivity contribution >= 4 is 11.6 Å². The molecule has 0 radical (unpaired) electrons. The van der Waals surface area contributed by atoms with Crippen molar-refractivity contribution in [1.29, 1.82) is 0 Å². The van der Waals surface area contributed by atoms with E-state index in [9.17, 15) is 5.11 Å². The first kappa shape index (κ1) is 16.9. The first-order valence-corrected chi connectivity index (χ1v) is 9.51. The molecular formula is C21H24ClNO2. The zero-order valence-electron chi connectivity index (χ0n) is 14.2. The summed E-state index contributed by atoms with van der Waals surface area (Å²) in [6.07, 6.45) is 5.20. The van der Waals surface area contributed by atoms with E-state index < -0.39 is 5.60 Å². The Hall–Kier alpha value is -1.55. The monoisotopic (exact) mass is 357 g/mol. The van der Waals surface area contributed by atoms with Crippen LogP contribution in [0.15, 0.2) is 48.5 Å². The number of ether oxygens (including phenoxy) is 1. The molecule has 0 spiro atoms. The van der Waals surface area contributed by atoms with Gasteiger partial charge in [-0.25, -0.2) is 0 Å². The van der Waals surface area contributed by atoms with Gasteiger partial charge in [0.15, 0.2) is 0 Å². The number of piperidine rings is 1. The van der Waals surface area contributed by atoms with E-state index in [0.717, 1.165) is 43.7 Å². The maximum Gasteiger partial charge on any atom is 0.127 e. The van der Waals surface area contributed by atoms with E-state index in [2.05, 4.69) is 17.4 Å². The third-order valence-electron chi connectivity index (χ3n) is 5.66. The number of hydrogen-bond donors (Lipinski definition) is 2. The Morgan fingerprint density at radius 1 is 1.04 bits per heavy atom. The highest BCUT2D eigenvalue weighted by atomic mass is 35.5. The predicted molar refractivity (Wildman–Crippen MR) is 100 cm³/mol. The van der Waals surface area contributed by atoms with Gasteiger partial charge in [-0.15, -0.1) is 0 Å². The van der Waals surface area contributed by atoms with Crippen LogP contribution in [0.5, 0.6) is 11.5 Å². The smallest absolute Gasteiger partial charge is 0.127 e. The Kier molecular flexibility index (Phi) is 4.72. The van der Waals surface area contributed by atoms with E-state index >= 15 is 0 Å². The molecule has 0 aromatic heterocycles. The van der Waals surface area contributed by atoms with E-state index in [4.69, 9.17) is 16.3 Å². The molecule has 132 valence electrons. The molecule has 3 nitrogen and oxygen atoms in total. The first-order chi connectivity index (χ1) is 12.1. The average molecular weight is 358 g/mol. The molecule has 2 aliphatic rings. The molecule has 1 heterocycles. The minimum atomic E-state index is -0.513. The van der Waals surface area contributed by atoms with Gasteiger partial charge in [-0.2, -0.15) is 0 Å². The van der Waals surface area contributed by atoms with E-state index in [1.165, 1.54) is 12.0 Å². The SMILES string of the molecule is O[C@]12CCCC[C@@H]1[C@H](c1cccc(Oc3ccc(Cl)cc3)c1)NCC2. The lowest BCUT2D eigenvalue weighted by Gasteiger charge is -2.48. The fraction of sp³-hybridized carbons (Fsp3) is 0.429. The number of aliphatic hydroxyl groups is 1. The lowest BCUT2D eigenvalue weighted by molar-refractivity contribution is -0.0861. The van der Waals surface area contributed by atoms with Crippen molar-refractivity contribution < 1.29 is 9.84 Å². The second kappa shape index (κ2) is 6.99. The highest BCUT2D eigenvalue weighted by molar-refractivity contribution is 6.30.